The Morgan fingerprint density at radius 1 is 1.50 bits per heavy atom. The third kappa shape index (κ3) is 2.36. The van der Waals surface area contributed by atoms with E-state index in [2.05, 4.69) is 5.32 Å². The van der Waals surface area contributed by atoms with Crippen molar-refractivity contribution in [2.75, 3.05) is 13.2 Å². The van der Waals surface area contributed by atoms with E-state index in [4.69, 9.17) is 4.74 Å². The van der Waals surface area contributed by atoms with Gasteiger partial charge in [0.25, 0.3) is 0 Å². The zero-order chi connectivity index (χ0) is 13.3. The van der Waals surface area contributed by atoms with E-state index in [9.17, 15) is 9.59 Å². The van der Waals surface area contributed by atoms with Crippen LogP contribution in [0.3, 0.4) is 0 Å². The Labute approximate surface area is 108 Å². The number of amides is 2. The van der Waals surface area contributed by atoms with Gasteiger partial charge in [-0.25, -0.2) is 0 Å². The minimum Gasteiger partial charge on any atom is -0.378 e. The molecule has 0 spiro atoms. The van der Waals surface area contributed by atoms with Gasteiger partial charge in [-0.15, -0.1) is 0 Å². The monoisotopic (exact) mass is 254 g/mol. The number of nitrogens with zero attached hydrogens (tertiary/aromatic N) is 1. The SMILES string of the molecule is CCC1(C)NC(=O)CN(C2CCOC(C)C2)C1=O. The minimum atomic E-state index is -0.739. The largest absolute Gasteiger partial charge is 0.378 e. The second-order valence-electron chi connectivity index (χ2n) is 5.53. The highest BCUT2D eigenvalue weighted by atomic mass is 16.5. The van der Waals surface area contributed by atoms with Gasteiger partial charge in [0.15, 0.2) is 0 Å². The molecule has 0 saturated carbocycles. The van der Waals surface area contributed by atoms with Crippen molar-refractivity contribution in [3.63, 3.8) is 0 Å². The number of carbonyl (C=O) groups is 2. The maximum Gasteiger partial charge on any atom is 0.248 e. The molecule has 2 fully saturated rings. The van der Waals surface area contributed by atoms with Gasteiger partial charge in [-0.05, 0) is 33.1 Å². The summed E-state index contributed by atoms with van der Waals surface area (Å²) in [6.07, 6.45) is 2.42. The predicted octanol–water partition coefficient (Wildman–Crippen LogP) is 0.681. The van der Waals surface area contributed by atoms with Gasteiger partial charge in [-0.1, -0.05) is 6.92 Å². The van der Waals surface area contributed by atoms with Gasteiger partial charge in [-0.3, -0.25) is 9.59 Å². The lowest BCUT2D eigenvalue weighted by molar-refractivity contribution is -0.154. The van der Waals surface area contributed by atoms with E-state index in [0.717, 1.165) is 12.8 Å². The summed E-state index contributed by atoms with van der Waals surface area (Å²) < 4.78 is 5.50. The fraction of sp³-hybridized carbons (Fsp3) is 0.846. The van der Waals surface area contributed by atoms with Crippen molar-refractivity contribution in [3.05, 3.63) is 0 Å². The molecule has 102 valence electrons. The Bertz CT molecular complexity index is 358. The summed E-state index contributed by atoms with van der Waals surface area (Å²) in [6.45, 7) is 6.60. The van der Waals surface area contributed by atoms with Crippen molar-refractivity contribution in [2.45, 2.75) is 57.7 Å². The lowest BCUT2D eigenvalue weighted by atomic mass is 9.91. The molecule has 0 radical (unpaired) electrons. The lowest BCUT2D eigenvalue weighted by Gasteiger charge is -2.44. The lowest BCUT2D eigenvalue weighted by Crippen LogP contribution is -2.67. The Balaban J connectivity index is 2.16. The normalized spacial score (nSPS) is 37.6. The van der Waals surface area contributed by atoms with Gasteiger partial charge >= 0.3 is 0 Å². The number of hydrogen-bond donors (Lipinski definition) is 1. The first-order chi connectivity index (χ1) is 8.46. The second kappa shape index (κ2) is 4.88. The van der Waals surface area contributed by atoms with Crippen molar-refractivity contribution >= 4 is 11.8 Å². The molecule has 0 aromatic carbocycles. The predicted molar refractivity (Wildman–Crippen MR) is 67.0 cm³/mol. The topological polar surface area (TPSA) is 58.6 Å². The summed E-state index contributed by atoms with van der Waals surface area (Å²) in [6, 6.07) is 0.137. The third-order valence-electron chi connectivity index (χ3n) is 4.07. The Kier molecular flexibility index (Phi) is 3.61. The summed E-state index contributed by atoms with van der Waals surface area (Å²) >= 11 is 0. The summed E-state index contributed by atoms with van der Waals surface area (Å²) in [7, 11) is 0. The van der Waals surface area contributed by atoms with E-state index in [1.54, 1.807) is 4.90 Å². The van der Waals surface area contributed by atoms with Crippen molar-refractivity contribution in [1.82, 2.24) is 10.2 Å². The molecule has 2 aliphatic heterocycles. The molecule has 5 nitrogen and oxygen atoms in total. The molecule has 3 atom stereocenters. The molecule has 2 saturated heterocycles. The molecule has 5 heteroatoms. The van der Waals surface area contributed by atoms with Crippen LogP contribution in [0.1, 0.15) is 40.0 Å². The molecule has 0 aromatic rings. The van der Waals surface area contributed by atoms with Gasteiger partial charge < -0.3 is 15.0 Å². The second-order valence-corrected chi connectivity index (χ2v) is 5.53. The van der Waals surface area contributed by atoms with Gasteiger partial charge in [-0.2, -0.15) is 0 Å². The first-order valence-electron chi connectivity index (χ1n) is 6.70. The molecule has 2 heterocycles. The first-order valence-corrected chi connectivity index (χ1v) is 6.70. The minimum absolute atomic E-state index is 0.0451. The molecule has 2 rings (SSSR count). The number of piperazine rings is 1. The highest BCUT2D eigenvalue weighted by Gasteiger charge is 2.44. The molecule has 2 aliphatic rings. The van der Waals surface area contributed by atoms with Crippen LogP contribution < -0.4 is 5.32 Å². The van der Waals surface area contributed by atoms with Gasteiger partial charge in [0, 0.05) is 12.6 Å². The maximum absolute atomic E-state index is 12.5. The molecule has 0 aromatic heterocycles. The Morgan fingerprint density at radius 2 is 2.22 bits per heavy atom. The molecule has 3 unspecified atom stereocenters. The van der Waals surface area contributed by atoms with Crippen LogP contribution in [0, 0.1) is 0 Å². The third-order valence-corrected chi connectivity index (χ3v) is 4.07. The Hall–Kier alpha value is -1.10. The summed E-state index contributed by atoms with van der Waals surface area (Å²) in [5, 5.41) is 2.81. The van der Waals surface area contributed by atoms with Crippen molar-refractivity contribution in [3.8, 4) is 0 Å². The number of nitrogens with one attached hydrogen (secondary N) is 1. The zero-order valence-electron chi connectivity index (χ0n) is 11.4. The molecular weight excluding hydrogens is 232 g/mol. The number of carbonyl (C=O) groups excluding carboxylic acids is 2. The number of ether oxygens (including phenoxy) is 1. The van der Waals surface area contributed by atoms with E-state index in [-0.39, 0.29) is 30.5 Å². The zero-order valence-corrected chi connectivity index (χ0v) is 11.4. The van der Waals surface area contributed by atoms with Gasteiger partial charge in [0.1, 0.15) is 5.54 Å². The van der Waals surface area contributed by atoms with Crippen molar-refractivity contribution < 1.29 is 14.3 Å². The van der Waals surface area contributed by atoms with Crippen molar-refractivity contribution in [1.29, 1.82) is 0 Å². The molecule has 18 heavy (non-hydrogen) atoms. The average Bonchev–Trinajstić information content (AvgIpc) is 2.34. The summed E-state index contributed by atoms with van der Waals surface area (Å²) in [5.41, 5.74) is -0.739. The van der Waals surface area contributed by atoms with E-state index >= 15 is 0 Å². The number of hydrogen-bond acceptors (Lipinski definition) is 3. The van der Waals surface area contributed by atoms with E-state index in [1.165, 1.54) is 0 Å². The van der Waals surface area contributed by atoms with Crippen molar-refractivity contribution in [2.24, 2.45) is 0 Å². The van der Waals surface area contributed by atoms with Crippen LogP contribution in [-0.2, 0) is 14.3 Å². The van der Waals surface area contributed by atoms with Crippen LogP contribution in [0.4, 0.5) is 0 Å². The summed E-state index contributed by atoms with van der Waals surface area (Å²) in [5.74, 6) is -0.0122. The smallest absolute Gasteiger partial charge is 0.248 e. The van der Waals surface area contributed by atoms with E-state index in [1.807, 2.05) is 20.8 Å². The molecule has 0 bridgehead atoms. The van der Waals surface area contributed by atoms with Crippen LogP contribution >= 0.6 is 0 Å². The molecular formula is C13H22N2O3. The molecule has 0 aliphatic carbocycles. The van der Waals surface area contributed by atoms with E-state index in [0.29, 0.717) is 13.0 Å². The fourth-order valence-corrected chi connectivity index (χ4v) is 2.74. The average molecular weight is 254 g/mol. The van der Waals surface area contributed by atoms with Crippen LogP contribution in [-0.4, -0.2) is 47.6 Å². The molecule has 1 N–H and O–H groups in total. The quantitative estimate of drug-likeness (QED) is 0.788. The first kappa shape index (κ1) is 13.3. The maximum atomic E-state index is 12.5. The number of rotatable bonds is 2. The standard InChI is InChI=1S/C13H22N2O3/c1-4-13(3)12(17)15(8-11(16)14-13)10-5-6-18-9(2)7-10/h9-10H,4-8H2,1-3H3,(H,14,16). The highest BCUT2D eigenvalue weighted by Crippen LogP contribution is 2.25. The summed E-state index contributed by atoms with van der Waals surface area (Å²) in [4.78, 5) is 26.0. The van der Waals surface area contributed by atoms with Crippen LogP contribution in [0.15, 0.2) is 0 Å². The van der Waals surface area contributed by atoms with Crippen LogP contribution in [0.2, 0.25) is 0 Å². The fourth-order valence-electron chi connectivity index (χ4n) is 2.74. The van der Waals surface area contributed by atoms with Gasteiger partial charge in [0.05, 0.1) is 12.6 Å². The van der Waals surface area contributed by atoms with Crippen LogP contribution in [0.5, 0.6) is 0 Å². The molecule has 2 amide bonds. The Morgan fingerprint density at radius 3 is 2.83 bits per heavy atom. The van der Waals surface area contributed by atoms with E-state index < -0.39 is 5.54 Å². The highest BCUT2D eigenvalue weighted by molar-refractivity contribution is 5.97. The van der Waals surface area contributed by atoms with Crippen LogP contribution in [0.25, 0.3) is 0 Å². The van der Waals surface area contributed by atoms with Gasteiger partial charge in [0.2, 0.25) is 11.8 Å².